The highest BCUT2D eigenvalue weighted by molar-refractivity contribution is 5.77. The number of carbonyl (C=O) groups excluding carboxylic acids is 1. The van der Waals surface area contributed by atoms with Gasteiger partial charge in [-0.05, 0) is 29.9 Å². The minimum atomic E-state index is -0.671. The summed E-state index contributed by atoms with van der Waals surface area (Å²) in [5.41, 5.74) is 7.99. The summed E-state index contributed by atoms with van der Waals surface area (Å²) in [6.45, 7) is 0. The van der Waals surface area contributed by atoms with Crippen molar-refractivity contribution in [2.45, 2.75) is 44.1 Å². The van der Waals surface area contributed by atoms with Crippen molar-refractivity contribution in [1.29, 1.82) is 0 Å². The number of esters is 1. The fraction of sp³-hybridized carbons (Fsp3) is 0.533. The maximum Gasteiger partial charge on any atom is 0.327 e. The van der Waals surface area contributed by atoms with Crippen molar-refractivity contribution in [3.63, 3.8) is 0 Å². The van der Waals surface area contributed by atoms with Gasteiger partial charge in [0.2, 0.25) is 0 Å². The van der Waals surface area contributed by atoms with Gasteiger partial charge in [0.05, 0.1) is 7.11 Å². The molecule has 1 fully saturated rings. The van der Waals surface area contributed by atoms with Gasteiger partial charge in [0.15, 0.2) is 0 Å². The van der Waals surface area contributed by atoms with Crippen LogP contribution in [0.15, 0.2) is 24.3 Å². The summed E-state index contributed by atoms with van der Waals surface area (Å²) in [6.07, 6.45) is 6.58. The van der Waals surface area contributed by atoms with Crippen LogP contribution in [-0.2, 0) is 9.53 Å². The van der Waals surface area contributed by atoms with Crippen molar-refractivity contribution >= 4 is 5.97 Å². The Hall–Kier alpha value is -1.35. The number of ether oxygens (including phenoxy) is 1. The second-order valence-corrected chi connectivity index (χ2v) is 5.00. The molecule has 3 nitrogen and oxygen atoms in total. The van der Waals surface area contributed by atoms with Crippen LogP contribution < -0.4 is 5.73 Å². The van der Waals surface area contributed by atoms with E-state index in [4.69, 9.17) is 5.73 Å². The highest BCUT2D eigenvalue weighted by Crippen LogP contribution is 2.32. The summed E-state index contributed by atoms with van der Waals surface area (Å²) in [5, 5.41) is 0. The van der Waals surface area contributed by atoms with Gasteiger partial charge in [0, 0.05) is 0 Å². The summed E-state index contributed by atoms with van der Waals surface area (Å²) in [7, 11) is 1.36. The van der Waals surface area contributed by atoms with Crippen LogP contribution in [0.25, 0.3) is 0 Å². The first-order chi connectivity index (χ1) is 8.72. The number of rotatable bonds is 3. The lowest BCUT2D eigenvalue weighted by molar-refractivity contribution is -0.142. The molecule has 98 valence electrons. The number of carbonyl (C=O) groups is 1. The predicted molar refractivity (Wildman–Crippen MR) is 71.2 cm³/mol. The standard InChI is InChI=1S/C15H21NO2/c1-18-15(17)14(16)13-9-7-12(8-10-13)11-5-3-2-4-6-11/h7-11,14H,2-6,16H2,1H3. The zero-order valence-corrected chi connectivity index (χ0v) is 10.9. The summed E-state index contributed by atoms with van der Waals surface area (Å²) < 4.78 is 4.65. The first-order valence-electron chi connectivity index (χ1n) is 6.65. The molecular formula is C15H21NO2. The zero-order chi connectivity index (χ0) is 13.0. The Morgan fingerprint density at radius 3 is 2.39 bits per heavy atom. The highest BCUT2D eigenvalue weighted by atomic mass is 16.5. The van der Waals surface area contributed by atoms with Gasteiger partial charge < -0.3 is 10.5 Å². The Labute approximate surface area is 108 Å². The average Bonchev–Trinajstić information content (AvgIpc) is 2.47. The Kier molecular flexibility index (Phi) is 4.37. The minimum absolute atomic E-state index is 0.389. The van der Waals surface area contributed by atoms with Gasteiger partial charge in [-0.25, -0.2) is 0 Å². The number of hydrogen-bond donors (Lipinski definition) is 1. The molecule has 1 atom stereocenters. The van der Waals surface area contributed by atoms with Crippen molar-refractivity contribution in [3.05, 3.63) is 35.4 Å². The summed E-state index contributed by atoms with van der Waals surface area (Å²) in [5.74, 6) is 0.294. The van der Waals surface area contributed by atoms with E-state index in [1.165, 1.54) is 44.8 Å². The Morgan fingerprint density at radius 1 is 1.22 bits per heavy atom. The predicted octanol–water partition coefficient (Wildman–Crippen LogP) is 2.91. The normalized spacial score (nSPS) is 18.3. The average molecular weight is 247 g/mol. The molecule has 3 heteroatoms. The van der Waals surface area contributed by atoms with Gasteiger partial charge in [0.25, 0.3) is 0 Å². The van der Waals surface area contributed by atoms with Gasteiger partial charge in [-0.15, -0.1) is 0 Å². The van der Waals surface area contributed by atoms with Gasteiger partial charge in [-0.2, -0.15) is 0 Å². The highest BCUT2D eigenvalue weighted by Gasteiger charge is 2.18. The van der Waals surface area contributed by atoms with Crippen LogP contribution in [-0.4, -0.2) is 13.1 Å². The van der Waals surface area contributed by atoms with E-state index in [9.17, 15) is 4.79 Å². The quantitative estimate of drug-likeness (QED) is 0.835. The Morgan fingerprint density at radius 2 is 1.83 bits per heavy atom. The molecule has 1 aliphatic carbocycles. The van der Waals surface area contributed by atoms with Crippen LogP contribution in [0.5, 0.6) is 0 Å². The topological polar surface area (TPSA) is 52.3 Å². The molecule has 0 aromatic heterocycles. The second kappa shape index (κ2) is 6.01. The van der Waals surface area contributed by atoms with Crippen LogP contribution >= 0.6 is 0 Å². The monoisotopic (exact) mass is 247 g/mol. The van der Waals surface area contributed by atoms with Gasteiger partial charge in [0.1, 0.15) is 6.04 Å². The smallest absolute Gasteiger partial charge is 0.327 e. The lowest BCUT2D eigenvalue weighted by Gasteiger charge is -2.22. The molecule has 0 heterocycles. The van der Waals surface area contributed by atoms with Gasteiger partial charge >= 0.3 is 5.97 Å². The molecule has 1 aromatic rings. The molecule has 1 unspecified atom stereocenters. The first-order valence-corrected chi connectivity index (χ1v) is 6.65. The fourth-order valence-corrected chi connectivity index (χ4v) is 2.67. The maximum atomic E-state index is 11.4. The van der Waals surface area contributed by atoms with Crippen molar-refractivity contribution in [2.24, 2.45) is 5.73 Å². The lowest BCUT2D eigenvalue weighted by atomic mass is 9.84. The third-order valence-electron chi connectivity index (χ3n) is 3.83. The second-order valence-electron chi connectivity index (χ2n) is 5.00. The van der Waals surface area contributed by atoms with Crippen molar-refractivity contribution in [2.75, 3.05) is 7.11 Å². The maximum absolute atomic E-state index is 11.4. The van der Waals surface area contributed by atoms with Gasteiger partial charge in [-0.3, -0.25) is 4.79 Å². The molecule has 0 saturated heterocycles. The van der Waals surface area contributed by atoms with Gasteiger partial charge in [-0.1, -0.05) is 43.5 Å². The van der Waals surface area contributed by atoms with E-state index in [0.717, 1.165) is 5.56 Å². The van der Waals surface area contributed by atoms with E-state index >= 15 is 0 Å². The molecular weight excluding hydrogens is 226 g/mol. The molecule has 1 aromatic carbocycles. The molecule has 0 aliphatic heterocycles. The van der Waals surface area contributed by atoms with Crippen molar-refractivity contribution in [1.82, 2.24) is 0 Å². The van der Waals surface area contributed by atoms with Crippen LogP contribution in [0.2, 0.25) is 0 Å². The number of benzene rings is 1. The van der Waals surface area contributed by atoms with Crippen LogP contribution in [0.1, 0.15) is 55.2 Å². The summed E-state index contributed by atoms with van der Waals surface area (Å²) in [4.78, 5) is 11.4. The molecule has 18 heavy (non-hydrogen) atoms. The van der Waals surface area contributed by atoms with E-state index in [2.05, 4.69) is 16.9 Å². The van der Waals surface area contributed by atoms with Crippen molar-refractivity contribution in [3.8, 4) is 0 Å². The number of nitrogens with two attached hydrogens (primary N) is 1. The molecule has 0 amide bonds. The van der Waals surface area contributed by atoms with Crippen LogP contribution in [0, 0.1) is 0 Å². The van der Waals surface area contributed by atoms with E-state index in [1.807, 2.05) is 12.1 Å². The van der Waals surface area contributed by atoms with E-state index < -0.39 is 6.04 Å². The molecule has 0 bridgehead atoms. The first kappa shape index (κ1) is 13.1. The van der Waals surface area contributed by atoms with Crippen molar-refractivity contribution < 1.29 is 9.53 Å². The molecule has 2 N–H and O–H groups in total. The molecule has 0 radical (unpaired) electrons. The lowest BCUT2D eigenvalue weighted by Crippen LogP contribution is -2.22. The molecule has 0 spiro atoms. The van der Waals surface area contributed by atoms with E-state index in [-0.39, 0.29) is 5.97 Å². The zero-order valence-electron chi connectivity index (χ0n) is 10.9. The van der Waals surface area contributed by atoms with E-state index in [0.29, 0.717) is 5.92 Å². The Bertz CT molecular complexity index is 393. The van der Waals surface area contributed by atoms with E-state index in [1.54, 1.807) is 0 Å². The summed E-state index contributed by atoms with van der Waals surface area (Å²) >= 11 is 0. The molecule has 1 aliphatic rings. The third kappa shape index (κ3) is 2.91. The molecule has 1 saturated carbocycles. The summed E-state index contributed by atoms with van der Waals surface area (Å²) in [6, 6.07) is 7.44. The third-order valence-corrected chi connectivity index (χ3v) is 3.83. The largest absolute Gasteiger partial charge is 0.468 e. The molecule has 2 rings (SSSR count). The number of methoxy groups -OCH3 is 1. The number of hydrogen-bond acceptors (Lipinski definition) is 3. The fourth-order valence-electron chi connectivity index (χ4n) is 2.67. The van der Waals surface area contributed by atoms with Crippen LogP contribution in [0.4, 0.5) is 0 Å². The van der Waals surface area contributed by atoms with Crippen LogP contribution in [0.3, 0.4) is 0 Å². The SMILES string of the molecule is COC(=O)C(N)c1ccc(C2CCCCC2)cc1. The Balaban J connectivity index is 2.07. The minimum Gasteiger partial charge on any atom is -0.468 e.